The Hall–Kier alpha value is -1.56. The van der Waals surface area contributed by atoms with Crippen LogP contribution in [0.1, 0.15) is 38.5 Å². The number of nitrogens with zero attached hydrogens (tertiary/aromatic N) is 3. The van der Waals surface area contributed by atoms with Crippen molar-refractivity contribution in [2.45, 2.75) is 38.5 Å². The van der Waals surface area contributed by atoms with E-state index in [1.165, 1.54) is 0 Å². The topological polar surface area (TPSA) is 181 Å². The molecule has 3 saturated heterocycles. The van der Waals surface area contributed by atoms with Gasteiger partial charge in [-0.15, -0.1) is 0 Å². The Balaban J connectivity index is 0. The van der Waals surface area contributed by atoms with Crippen molar-refractivity contribution in [3.8, 4) is 0 Å². The Morgan fingerprint density at radius 1 is 0.586 bits per heavy atom. The van der Waals surface area contributed by atoms with Crippen LogP contribution in [-0.4, -0.2) is 70.3 Å². The number of carbonyl (C=O) groups excluding carboxylic acids is 6. The molecule has 0 spiro atoms. The first-order chi connectivity index (χ1) is 12.6. The summed E-state index contributed by atoms with van der Waals surface area (Å²) in [7, 11) is 0. The van der Waals surface area contributed by atoms with Crippen molar-refractivity contribution in [3.05, 3.63) is 0 Å². The zero-order chi connectivity index (χ0) is 20.6. The molecule has 0 N–H and O–H groups in total. The van der Waals surface area contributed by atoms with Gasteiger partial charge in [-0.2, -0.15) is 0 Å². The van der Waals surface area contributed by atoms with Gasteiger partial charge in [-0.25, -0.2) is 0 Å². The summed E-state index contributed by atoms with van der Waals surface area (Å²) in [5, 5.41) is 30.0. The van der Waals surface area contributed by atoms with Gasteiger partial charge in [0.1, 0.15) is 18.3 Å². The largest absolute Gasteiger partial charge is 2.00 e. The molecule has 3 heterocycles. The zero-order valence-electron chi connectivity index (χ0n) is 16.1. The van der Waals surface area contributed by atoms with Gasteiger partial charge in [0.15, 0.2) is 0 Å². The van der Waals surface area contributed by atoms with E-state index in [1.54, 1.807) is 0 Å². The minimum atomic E-state index is -1.38. The quantitative estimate of drug-likeness (QED) is 0.310. The van der Waals surface area contributed by atoms with Gasteiger partial charge in [0.05, 0.1) is 0 Å². The molecule has 3 aliphatic rings. The Morgan fingerprint density at radius 2 is 0.793 bits per heavy atom. The van der Waals surface area contributed by atoms with Gasteiger partial charge >= 0.3 is 49.0 Å². The van der Waals surface area contributed by atoms with Gasteiger partial charge in [0.2, 0.25) is 17.7 Å². The van der Waals surface area contributed by atoms with E-state index in [0.717, 1.165) is 14.7 Å². The SMILES string of the molecule is O=C([O-])N1CCCC1=O.O=C([O-])N1CCCC1=O.O=C([O-])N1CCCC1=O.[Na+].[Zn+2]. The van der Waals surface area contributed by atoms with E-state index in [0.29, 0.717) is 58.2 Å². The molecule has 3 aliphatic heterocycles. The molecule has 3 fully saturated rings. The van der Waals surface area contributed by atoms with Gasteiger partial charge < -0.3 is 29.7 Å². The van der Waals surface area contributed by atoms with Crippen molar-refractivity contribution >= 4 is 36.0 Å². The van der Waals surface area contributed by atoms with E-state index >= 15 is 0 Å². The molecular formula is C15H18N3NaO9Zn. The van der Waals surface area contributed by atoms with Crippen molar-refractivity contribution < 1.29 is 93.1 Å². The Labute approximate surface area is 201 Å². The number of hydrogen-bond acceptors (Lipinski definition) is 9. The maximum atomic E-state index is 10.5. The van der Waals surface area contributed by atoms with Crippen LogP contribution < -0.4 is 44.9 Å². The summed E-state index contributed by atoms with van der Waals surface area (Å²) in [4.78, 5) is 63.8. The number of likely N-dealkylation sites (tertiary alicyclic amines) is 3. The average Bonchev–Trinajstić information content (AvgIpc) is 3.29. The van der Waals surface area contributed by atoms with Gasteiger partial charge in [-0.1, -0.05) is 0 Å². The van der Waals surface area contributed by atoms with Crippen LogP contribution in [0.4, 0.5) is 14.4 Å². The molecule has 0 radical (unpaired) electrons. The van der Waals surface area contributed by atoms with Gasteiger partial charge in [-0.05, 0) is 19.3 Å². The van der Waals surface area contributed by atoms with E-state index in [-0.39, 0.29) is 66.8 Å². The fourth-order valence-corrected chi connectivity index (χ4v) is 2.52. The van der Waals surface area contributed by atoms with Crippen LogP contribution in [0.3, 0.4) is 0 Å². The van der Waals surface area contributed by atoms with Crippen LogP contribution in [0, 0.1) is 0 Å². The third-order valence-electron chi connectivity index (χ3n) is 3.88. The third kappa shape index (κ3) is 9.66. The standard InChI is InChI=1S/3C5H7NO3.Na.Zn/c3*7-4-2-1-3-6(4)5(8)9;;/h3*1-3H2,(H,8,9);;/q;;;+1;+2/p-3. The third-order valence-corrected chi connectivity index (χ3v) is 3.88. The summed E-state index contributed by atoms with van der Waals surface area (Å²) < 4.78 is 0. The molecule has 29 heavy (non-hydrogen) atoms. The predicted octanol–water partition coefficient (Wildman–Crippen LogP) is -6.14. The Kier molecular flexibility index (Phi) is 14.7. The Bertz CT molecular complexity index is 561. The summed E-state index contributed by atoms with van der Waals surface area (Å²) in [5.74, 6) is -1.01. The summed E-state index contributed by atoms with van der Waals surface area (Å²) in [6.45, 7) is 0.920. The van der Waals surface area contributed by atoms with Crippen LogP contribution in [0.2, 0.25) is 0 Å². The number of amides is 6. The predicted molar refractivity (Wildman–Crippen MR) is 79.0 cm³/mol. The molecule has 0 aliphatic carbocycles. The monoisotopic (exact) mass is 471 g/mol. The van der Waals surface area contributed by atoms with Gasteiger partial charge in [-0.3, -0.25) is 29.1 Å². The van der Waals surface area contributed by atoms with Crippen LogP contribution in [-0.2, 0) is 33.9 Å². The molecule has 0 aromatic heterocycles. The Morgan fingerprint density at radius 3 is 0.862 bits per heavy atom. The van der Waals surface area contributed by atoms with Crippen LogP contribution in [0.15, 0.2) is 0 Å². The first kappa shape index (κ1) is 29.6. The maximum Gasteiger partial charge on any atom is 2.00 e. The van der Waals surface area contributed by atoms with Crippen molar-refractivity contribution in [2.24, 2.45) is 0 Å². The molecular weight excluding hydrogens is 455 g/mol. The molecule has 0 aromatic carbocycles. The van der Waals surface area contributed by atoms with Crippen LogP contribution >= 0.6 is 0 Å². The van der Waals surface area contributed by atoms with E-state index in [4.69, 9.17) is 0 Å². The normalized spacial score (nSPS) is 17.4. The number of rotatable bonds is 0. The minimum Gasteiger partial charge on any atom is -0.530 e. The number of carbonyl (C=O) groups is 6. The van der Waals surface area contributed by atoms with E-state index in [1.807, 2.05) is 0 Å². The second-order valence-corrected chi connectivity index (χ2v) is 5.74. The fourth-order valence-electron chi connectivity index (χ4n) is 2.52. The minimum absolute atomic E-state index is 0. The van der Waals surface area contributed by atoms with E-state index < -0.39 is 18.3 Å². The molecule has 0 unspecified atom stereocenters. The molecule has 14 heteroatoms. The summed E-state index contributed by atoms with van der Waals surface area (Å²) in [6, 6.07) is 0. The smallest absolute Gasteiger partial charge is 0.530 e. The maximum absolute atomic E-state index is 10.5. The number of carboxylic acid groups (broad SMARTS) is 3. The van der Waals surface area contributed by atoms with E-state index in [2.05, 4.69) is 0 Å². The van der Waals surface area contributed by atoms with Crippen molar-refractivity contribution in [1.29, 1.82) is 0 Å². The van der Waals surface area contributed by atoms with Crippen molar-refractivity contribution in [1.82, 2.24) is 14.7 Å². The molecule has 3 rings (SSSR count). The average molecular weight is 473 g/mol. The van der Waals surface area contributed by atoms with Crippen molar-refractivity contribution in [3.63, 3.8) is 0 Å². The fraction of sp³-hybridized carbons (Fsp3) is 0.600. The zero-order valence-corrected chi connectivity index (χ0v) is 21.1. The first-order valence-electron chi connectivity index (χ1n) is 8.19. The molecule has 150 valence electrons. The summed E-state index contributed by atoms with van der Waals surface area (Å²) >= 11 is 0. The molecule has 6 amide bonds. The molecule has 0 saturated carbocycles. The number of hydrogen-bond donors (Lipinski definition) is 0. The van der Waals surface area contributed by atoms with E-state index in [9.17, 15) is 44.1 Å². The molecule has 12 nitrogen and oxygen atoms in total. The van der Waals surface area contributed by atoms with Crippen LogP contribution in [0.25, 0.3) is 0 Å². The summed E-state index contributed by atoms with van der Waals surface area (Å²) in [6.07, 6.45) is -1.21. The summed E-state index contributed by atoms with van der Waals surface area (Å²) in [5.41, 5.74) is 0. The molecule has 0 bridgehead atoms. The molecule has 0 atom stereocenters. The number of imide groups is 3. The molecule has 0 aromatic rings. The van der Waals surface area contributed by atoms with Crippen molar-refractivity contribution in [2.75, 3.05) is 19.6 Å². The van der Waals surface area contributed by atoms with Crippen LogP contribution in [0.5, 0.6) is 0 Å². The van der Waals surface area contributed by atoms with Gasteiger partial charge in [0.25, 0.3) is 0 Å². The van der Waals surface area contributed by atoms with Gasteiger partial charge in [0, 0.05) is 38.9 Å². The first-order valence-corrected chi connectivity index (χ1v) is 8.19. The second-order valence-electron chi connectivity index (χ2n) is 5.74. The second kappa shape index (κ2) is 14.4.